The van der Waals surface area contributed by atoms with E-state index in [4.69, 9.17) is 9.47 Å². The second-order valence-corrected chi connectivity index (χ2v) is 6.68. The number of hydrogen-bond acceptors (Lipinski definition) is 4. The van der Waals surface area contributed by atoms with Crippen LogP contribution in [0.25, 0.3) is 0 Å². The molecule has 144 valence electrons. The maximum absolute atomic E-state index is 5.46. The Balaban J connectivity index is 1.90. The van der Waals surface area contributed by atoms with Gasteiger partial charge in [-0.15, -0.1) is 0 Å². The fraction of sp³-hybridized carbons (Fsp3) is 0.333. The van der Waals surface area contributed by atoms with Gasteiger partial charge < -0.3 is 9.47 Å². The van der Waals surface area contributed by atoms with E-state index in [1.807, 2.05) is 24.3 Å². The Morgan fingerprint density at radius 1 is 1.04 bits per heavy atom. The van der Waals surface area contributed by atoms with E-state index in [0.29, 0.717) is 17.9 Å². The van der Waals surface area contributed by atoms with Gasteiger partial charge >= 0.3 is 0 Å². The Hall–Kier alpha value is -3.06. The highest BCUT2D eigenvalue weighted by atomic mass is 16.5. The zero-order valence-electron chi connectivity index (χ0n) is 16.8. The van der Waals surface area contributed by atoms with Gasteiger partial charge in [0.1, 0.15) is 0 Å². The first-order chi connectivity index (χ1) is 13.8. The maximum atomic E-state index is 5.46. The second kappa shape index (κ2) is 9.75. The fourth-order valence-corrected chi connectivity index (χ4v) is 3.20. The average Bonchev–Trinajstić information content (AvgIpc) is 2.94. The zero-order chi connectivity index (χ0) is 19.8. The molecule has 0 saturated carbocycles. The number of fused-ring (bicyclic) bond motifs is 1. The molecule has 0 aromatic heterocycles. The van der Waals surface area contributed by atoms with Gasteiger partial charge in [-0.3, -0.25) is 0 Å². The van der Waals surface area contributed by atoms with E-state index in [0.717, 1.165) is 40.8 Å². The third-order valence-corrected chi connectivity index (χ3v) is 4.74. The zero-order valence-corrected chi connectivity index (χ0v) is 16.8. The molecule has 0 unspecified atom stereocenters. The van der Waals surface area contributed by atoms with Crippen molar-refractivity contribution in [2.24, 2.45) is 10.2 Å². The summed E-state index contributed by atoms with van der Waals surface area (Å²) in [5, 5.41) is 8.76. The molecule has 2 aromatic carbocycles. The van der Waals surface area contributed by atoms with Crippen LogP contribution in [0.5, 0.6) is 11.5 Å². The largest absolute Gasteiger partial charge is 0.493 e. The lowest BCUT2D eigenvalue weighted by Gasteiger charge is -2.13. The smallest absolute Gasteiger partial charge is 0.161 e. The van der Waals surface area contributed by atoms with Gasteiger partial charge in [0.25, 0.3) is 0 Å². The Morgan fingerprint density at radius 3 is 2.61 bits per heavy atom. The minimum atomic E-state index is 0.657. The summed E-state index contributed by atoms with van der Waals surface area (Å²) in [6.07, 6.45) is 6.92. The molecule has 0 saturated heterocycles. The van der Waals surface area contributed by atoms with Crippen LogP contribution in [0, 0.1) is 11.8 Å². The van der Waals surface area contributed by atoms with Crippen molar-refractivity contribution < 1.29 is 9.47 Å². The molecule has 0 bridgehead atoms. The van der Waals surface area contributed by atoms with Gasteiger partial charge in [0.15, 0.2) is 11.5 Å². The molecule has 4 nitrogen and oxygen atoms in total. The van der Waals surface area contributed by atoms with Crippen LogP contribution in [0.4, 0.5) is 0 Å². The van der Waals surface area contributed by atoms with E-state index in [2.05, 4.69) is 41.1 Å². The van der Waals surface area contributed by atoms with Gasteiger partial charge in [-0.25, -0.2) is 0 Å². The minimum Gasteiger partial charge on any atom is -0.493 e. The number of rotatable bonds is 6. The van der Waals surface area contributed by atoms with Gasteiger partial charge in [0.2, 0.25) is 0 Å². The molecule has 2 aromatic rings. The molecular weight excluding hydrogens is 348 g/mol. The first-order valence-electron chi connectivity index (χ1n) is 9.70. The van der Waals surface area contributed by atoms with Gasteiger partial charge in [-0.1, -0.05) is 49.8 Å². The molecule has 0 spiro atoms. The molecule has 1 heterocycles. The van der Waals surface area contributed by atoms with Crippen molar-refractivity contribution in [3.8, 4) is 23.3 Å². The SMILES string of the molecule is CCCCCC#Cc1ccccc1C1=NN=Cc2cc(OC)c(OC)cc2C1. The lowest BCUT2D eigenvalue weighted by atomic mass is 9.95. The van der Waals surface area contributed by atoms with E-state index in [9.17, 15) is 0 Å². The molecule has 28 heavy (non-hydrogen) atoms. The van der Waals surface area contributed by atoms with Crippen LogP contribution < -0.4 is 9.47 Å². The standard InChI is InChI=1S/C24H26N2O2/c1-4-5-6-7-8-11-18-12-9-10-13-21(18)22-14-19-15-23(27-2)24(28-3)16-20(19)17-25-26-22/h9-10,12-13,15-17H,4-7,14H2,1-3H3. The predicted molar refractivity (Wildman–Crippen MR) is 115 cm³/mol. The quantitative estimate of drug-likeness (QED) is 0.527. The lowest BCUT2D eigenvalue weighted by Crippen LogP contribution is -2.08. The Labute approximate surface area is 167 Å². The molecule has 1 aliphatic rings. The number of nitrogens with zero attached hydrogens (tertiary/aromatic N) is 2. The monoisotopic (exact) mass is 374 g/mol. The van der Waals surface area contributed by atoms with E-state index in [-0.39, 0.29) is 0 Å². The van der Waals surface area contributed by atoms with Gasteiger partial charge in [0, 0.05) is 29.5 Å². The van der Waals surface area contributed by atoms with E-state index in [1.54, 1.807) is 20.4 Å². The third kappa shape index (κ3) is 4.61. The molecular formula is C24H26N2O2. The normalized spacial score (nSPS) is 12.3. The van der Waals surface area contributed by atoms with Gasteiger partial charge in [-0.2, -0.15) is 10.2 Å². The number of benzene rings is 2. The molecule has 0 aliphatic carbocycles. The summed E-state index contributed by atoms with van der Waals surface area (Å²) in [5.74, 6) is 8.03. The Kier molecular flexibility index (Phi) is 6.86. The van der Waals surface area contributed by atoms with Crippen LogP contribution in [0.1, 0.15) is 54.9 Å². The maximum Gasteiger partial charge on any atom is 0.161 e. The fourth-order valence-electron chi connectivity index (χ4n) is 3.20. The molecule has 0 radical (unpaired) electrons. The summed E-state index contributed by atoms with van der Waals surface area (Å²) < 4.78 is 10.9. The molecule has 4 heteroatoms. The Bertz CT molecular complexity index is 949. The van der Waals surface area contributed by atoms with Crippen LogP contribution in [-0.2, 0) is 6.42 Å². The molecule has 0 atom stereocenters. The van der Waals surface area contributed by atoms with Crippen LogP contribution in [0.3, 0.4) is 0 Å². The van der Waals surface area contributed by atoms with Crippen LogP contribution >= 0.6 is 0 Å². The summed E-state index contributed by atoms with van der Waals surface area (Å²) in [4.78, 5) is 0. The van der Waals surface area contributed by atoms with Gasteiger partial charge in [-0.05, 0) is 30.2 Å². The van der Waals surface area contributed by atoms with E-state index >= 15 is 0 Å². The lowest BCUT2D eigenvalue weighted by molar-refractivity contribution is 0.354. The van der Waals surface area contributed by atoms with Crippen molar-refractivity contribution in [2.45, 2.75) is 39.0 Å². The number of unbranched alkanes of at least 4 members (excludes halogenated alkanes) is 3. The Morgan fingerprint density at radius 2 is 1.82 bits per heavy atom. The first kappa shape index (κ1) is 19.7. The first-order valence-corrected chi connectivity index (χ1v) is 9.70. The predicted octanol–water partition coefficient (Wildman–Crippen LogP) is 5.01. The average molecular weight is 374 g/mol. The summed E-state index contributed by atoms with van der Waals surface area (Å²) >= 11 is 0. The summed E-state index contributed by atoms with van der Waals surface area (Å²) in [6, 6.07) is 12.1. The van der Waals surface area contributed by atoms with E-state index < -0.39 is 0 Å². The molecule has 0 amide bonds. The van der Waals surface area contributed by atoms with Gasteiger partial charge in [0.05, 0.1) is 26.1 Å². The van der Waals surface area contributed by atoms with Crippen molar-refractivity contribution in [1.82, 2.24) is 0 Å². The second-order valence-electron chi connectivity index (χ2n) is 6.68. The van der Waals surface area contributed by atoms with Crippen LogP contribution in [-0.4, -0.2) is 26.1 Å². The molecule has 0 fully saturated rings. The third-order valence-electron chi connectivity index (χ3n) is 4.74. The van der Waals surface area contributed by atoms with Crippen LogP contribution in [0.15, 0.2) is 46.6 Å². The number of methoxy groups -OCH3 is 2. The highest BCUT2D eigenvalue weighted by Gasteiger charge is 2.17. The van der Waals surface area contributed by atoms with Crippen molar-refractivity contribution in [1.29, 1.82) is 0 Å². The highest BCUT2D eigenvalue weighted by Crippen LogP contribution is 2.31. The van der Waals surface area contributed by atoms with Crippen molar-refractivity contribution >= 4 is 11.9 Å². The summed E-state index contributed by atoms with van der Waals surface area (Å²) in [7, 11) is 3.28. The highest BCUT2D eigenvalue weighted by molar-refractivity contribution is 6.05. The summed E-state index contributed by atoms with van der Waals surface area (Å²) in [6.45, 7) is 2.20. The topological polar surface area (TPSA) is 43.2 Å². The number of ether oxygens (including phenoxy) is 2. The van der Waals surface area contributed by atoms with Crippen molar-refractivity contribution in [3.63, 3.8) is 0 Å². The van der Waals surface area contributed by atoms with Crippen molar-refractivity contribution in [3.05, 3.63) is 58.7 Å². The molecule has 1 aliphatic heterocycles. The number of hydrogen-bond donors (Lipinski definition) is 0. The molecule has 3 rings (SSSR count). The van der Waals surface area contributed by atoms with Crippen molar-refractivity contribution in [2.75, 3.05) is 14.2 Å². The van der Waals surface area contributed by atoms with Crippen LogP contribution in [0.2, 0.25) is 0 Å². The summed E-state index contributed by atoms with van der Waals surface area (Å²) in [5.41, 5.74) is 5.02. The molecule has 0 N–H and O–H groups in total. The minimum absolute atomic E-state index is 0.657. The van der Waals surface area contributed by atoms with E-state index in [1.165, 1.54) is 12.8 Å².